The van der Waals surface area contributed by atoms with Gasteiger partial charge >= 0.3 is 0 Å². The second-order valence-electron chi connectivity index (χ2n) is 5.22. The Morgan fingerprint density at radius 1 is 1.14 bits per heavy atom. The Morgan fingerprint density at radius 2 is 1.86 bits per heavy atom. The van der Waals surface area contributed by atoms with Gasteiger partial charge in [-0.3, -0.25) is 0 Å². The molecule has 1 aliphatic rings. The van der Waals surface area contributed by atoms with Gasteiger partial charge in [0.25, 0.3) is 10.0 Å². The third-order valence-corrected chi connectivity index (χ3v) is 7.50. The van der Waals surface area contributed by atoms with Crippen molar-refractivity contribution in [2.45, 2.75) is 36.8 Å². The Kier molecular flexibility index (Phi) is 4.72. The van der Waals surface area contributed by atoms with E-state index in [0.29, 0.717) is 19.4 Å². The minimum atomic E-state index is -4.10. The maximum Gasteiger partial charge on any atom is 0.253 e. The summed E-state index contributed by atoms with van der Waals surface area (Å²) in [4.78, 5) is -0.0501. The Morgan fingerprint density at radius 3 is 2.43 bits per heavy atom. The zero-order chi connectivity index (χ0) is 15.7. The number of nitrogens with one attached hydrogen (secondary N) is 1. The van der Waals surface area contributed by atoms with E-state index in [2.05, 4.69) is 0 Å². The fourth-order valence-electron chi connectivity index (χ4n) is 2.11. The minimum Gasteiger partial charge on any atom is -0.380 e. The van der Waals surface area contributed by atoms with Crippen molar-refractivity contribution in [2.75, 3.05) is 13.2 Å². The van der Waals surface area contributed by atoms with E-state index >= 15 is 0 Å². The lowest BCUT2D eigenvalue weighted by Crippen LogP contribution is -2.42. The standard InChI is InChI=1S/C13H19NO5S2/c1-10-5-6-12(8-11(10)2)20(15,16)14-21(17,18)13-4-3-7-19-9-13/h5-6,8,13-14H,3-4,7,9H2,1-2H3. The van der Waals surface area contributed by atoms with E-state index in [4.69, 9.17) is 4.74 Å². The molecule has 1 heterocycles. The van der Waals surface area contributed by atoms with Gasteiger partial charge in [0, 0.05) is 6.61 Å². The second-order valence-corrected chi connectivity index (χ2v) is 9.12. The molecule has 0 amide bonds. The number of sulfonamides is 2. The van der Waals surface area contributed by atoms with Gasteiger partial charge in [0.15, 0.2) is 0 Å². The van der Waals surface area contributed by atoms with Crippen LogP contribution in [-0.2, 0) is 24.8 Å². The molecule has 0 spiro atoms. The van der Waals surface area contributed by atoms with Gasteiger partial charge in [0.05, 0.1) is 16.8 Å². The molecule has 1 atom stereocenters. The van der Waals surface area contributed by atoms with Crippen LogP contribution in [0.5, 0.6) is 0 Å². The summed E-state index contributed by atoms with van der Waals surface area (Å²) in [6, 6.07) is 4.52. The highest BCUT2D eigenvalue weighted by molar-refractivity contribution is 8.05. The first-order valence-electron chi connectivity index (χ1n) is 6.65. The molecule has 1 saturated heterocycles. The van der Waals surface area contributed by atoms with E-state index in [1.807, 2.05) is 11.1 Å². The van der Waals surface area contributed by atoms with Crippen molar-refractivity contribution in [1.29, 1.82) is 0 Å². The first-order chi connectivity index (χ1) is 9.72. The van der Waals surface area contributed by atoms with Gasteiger partial charge in [-0.05, 0) is 49.9 Å². The Balaban J connectivity index is 2.25. The highest BCUT2D eigenvalue weighted by Gasteiger charge is 2.32. The van der Waals surface area contributed by atoms with Crippen molar-refractivity contribution >= 4 is 20.0 Å². The molecule has 21 heavy (non-hydrogen) atoms. The van der Waals surface area contributed by atoms with E-state index in [1.54, 1.807) is 13.0 Å². The summed E-state index contributed by atoms with van der Waals surface area (Å²) >= 11 is 0. The van der Waals surface area contributed by atoms with Crippen molar-refractivity contribution < 1.29 is 21.6 Å². The third kappa shape index (κ3) is 3.82. The van der Waals surface area contributed by atoms with Crippen LogP contribution in [0.1, 0.15) is 24.0 Å². The molecule has 1 aliphatic heterocycles. The van der Waals surface area contributed by atoms with Gasteiger partial charge in [0.1, 0.15) is 0 Å². The molecule has 118 valence electrons. The molecule has 1 aromatic carbocycles. The van der Waals surface area contributed by atoms with Crippen LogP contribution in [0, 0.1) is 13.8 Å². The summed E-state index contributed by atoms with van der Waals surface area (Å²) < 4.78 is 55.7. The number of hydrogen-bond acceptors (Lipinski definition) is 5. The average molecular weight is 333 g/mol. The van der Waals surface area contributed by atoms with Gasteiger partial charge < -0.3 is 4.74 Å². The van der Waals surface area contributed by atoms with Gasteiger partial charge in [-0.2, -0.15) is 0 Å². The molecule has 1 N–H and O–H groups in total. The predicted molar refractivity (Wildman–Crippen MR) is 79.0 cm³/mol. The fraction of sp³-hybridized carbons (Fsp3) is 0.538. The van der Waals surface area contributed by atoms with Crippen molar-refractivity contribution in [3.8, 4) is 0 Å². The van der Waals surface area contributed by atoms with Crippen molar-refractivity contribution in [2.24, 2.45) is 0 Å². The summed E-state index contributed by atoms with van der Waals surface area (Å²) in [7, 11) is -8.08. The lowest BCUT2D eigenvalue weighted by Gasteiger charge is -2.22. The number of ether oxygens (including phenoxy) is 1. The lowest BCUT2D eigenvalue weighted by atomic mass is 10.1. The first kappa shape index (κ1) is 16.4. The number of rotatable bonds is 4. The minimum absolute atomic E-state index is 0.0256. The Hall–Kier alpha value is -0.960. The average Bonchev–Trinajstić information content (AvgIpc) is 2.41. The Labute approximate surface area is 125 Å². The normalized spacial score (nSPS) is 20.4. The van der Waals surface area contributed by atoms with E-state index in [9.17, 15) is 16.8 Å². The quantitative estimate of drug-likeness (QED) is 0.891. The zero-order valence-electron chi connectivity index (χ0n) is 12.0. The second kappa shape index (κ2) is 6.04. The third-order valence-electron chi connectivity index (χ3n) is 3.57. The van der Waals surface area contributed by atoms with Gasteiger partial charge in [0.2, 0.25) is 10.0 Å². The largest absolute Gasteiger partial charge is 0.380 e. The molecule has 0 bridgehead atoms. The molecule has 0 saturated carbocycles. The van der Waals surface area contributed by atoms with Crippen LogP contribution in [0.15, 0.2) is 23.1 Å². The summed E-state index contributed by atoms with van der Waals surface area (Å²) in [5, 5.41) is -0.826. The fourth-order valence-corrected chi connectivity index (χ4v) is 5.59. The zero-order valence-corrected chi connectivity index (χ0v) is 13.6. The van der Waals surface area contributed by atoms with Gasteiger partial charge in [-0.15, -0.1) is 4.13 Å². The molecule has 0 aliphatic carbocycles. The van der Waals surface area contributed by atoms with E-state index in [0.717, 1.165) is 11.1 Å². The van der Waals surface area contributed by atoms with Crippen LogP contribution < -0.4 is 4.13 Å². The molecular weight excluding hydrogens is 314 g/mol. The molecule has 8 heteroatoms. The van der Waals surface area contributed by atoms with Crippen LogP contribution in [-0.4, -0.2) is 35.3 Å². The maximum atomic E-state index is 12.2. The smallest absolute Gasteiger partial charge is 0.253 e. The number of hydrogen-bond donors (Lipinski definition) is 1. The molecule has 0 aromatic heterocycles. The van der Waals surface area contributed by atoms with Crippen molar-refractivity contribution in [3.63, 3.8) is 0 Å². The van der Waals surface area contributed by atoms with Gasteiger partial charge in [-0.1, -0.05) is 6.07 Å². The van der Waals surface area contributed by atoms with Crippen molar-refractivity contribution in [3.05, 3.63) is 29.3 Å². The number of benzene rings is 1. The highest BCUT2D eigenvalue weighted by atomic mass is 32.3. The molecule has 0 radical (unpaired) electrons. The highest BCUT2D eigenvalue weighted by Crippen LogP contribution is 2.18. The van der Waals surface area contributed by atoms with Crippen LogP contribution in [0.25, 0.3) is 0 Å². The van der Waals surface area contributed by atoms with Crippen LogP contribution in [0.3, 0.4) is 0 Å². The molecule has 1 aromatic rings. The van der Waals surface area contributed by atoms with Crippen LogP contribution in [0.4, 0.5) is 0 Å². The maximum absolute atomic E-state index is 12.2. The SMILES string of the molecule is Cc1ccc(S(=O)(=O)NS(=O)(=O)C2CCCOC2)cc1C. The predicted octanol–water partition coefficient (Wildman–Crippen LogP) is 1.09. The van der Waals surface area contributed by atoms with E-state index in [-0.39, 0.29) is 11.5 Å². The Bertz CT molecular complexity index is 719. The molecule has 6 nitrogen and oxygen atoms in total. The molecule has 1 fully saturated rings. The van der Waals surface area contributed by atoms with E-state index < -0.39 is 25.3 Å². The number of aryl methyl sites for hydroxylation is 2. The van der Waals surface area contributed by atoms with Crippen LogP contribution >= 0.6 is 0 Å². The monoisotopic (exact) mass is 333 g/mol. The van der Waals surface area contributed by atoms with Crippen molar-refractivity contribution in [1.82, 2.24) is 4.13 Å². The molecular formula is C13H19NO5S2. The first-order valence-corrected chi connectivity index (χ1v) is 9.68. The molecule has 2 rings (SSSR count). The van der Waals surface area contributed by atoms with Gasteiger partial charge in [-0.25, -0.2) is 16.8 Å². The summed E-state index contributed by atoms with van der Waals surface area (Å²) in [5.41, 5.74) is 1.73. The lowest BCUT2D eigenvalue weighted by molar-refractivity contribution is 0.0990. The van der Waals surface area contributed by atoms with Crippen LogP contribution in [0.2, 0.25) is 0 Å². The summed E-state index contributed by atoms with van der Waals surface area (Å²) in [5.74, 6) is 0. The topological polar surface area (TPSA) is 89.5 Å². The summed E-state index contributed by atoms with van der Waals surface area (Å²) in [6.45, 7) is 4.17. The summed E-state index contributed by atoms with van der Waals surface area (Å²) in [6.07, 6.45) is 1.01. The molecule has 1 unspecified atom stereocenters. The van der Waals surface area contributed by atoms with E-state index in [1.165, 1.54) is 12.1 Å².